The quantitative estimate of drug-likeness (QED) is 0.574. The number of nitrogens with zero attached hydrogens (tertiary/aromatic N) is 2. The summed E-state index contributed by atoms with van der Waals surface area (Å²) >= 11 is 1.30. The summed E-state index contributed by atoms with van der Waals surface area (Å²) in [6.07, 6.45) is 5.06. The van der Waals surface area contributed by atoms with Crippen LogP contribution in [0.2, 0.25) is 0 Å². The first-order valence-corrected chi connectivity index (χ1v) is 13.2. The number of piperidine rings is 1. The molecule has 3 rings (SSSR count). The van der Waals surface area contributed by atoms with Crippen molar-refractivity contribution in [2.75, 3.05) is 25.4 Å². The fourth-order valence-electron chi connectivity index (χ4n) is 3.47. The van der Waals surface area contributed by atoms with E-state index in [0.29, 0.717) is 30.6 Å². The van der Waals surface area contributed by atoms with E-state index in [1.165, 1.54) is 33.4 Å². The standard InChI is InChI=1S/C23H31N3O3S2/c1-18(2)20-8-6-19(7-9-20)12-13-24-22(27)17-30-23-11-10-21(16-25-23)31(28,29)26-14-4-3-5-15-26/h6-11,16,18H,3-5,12-15,17H2,1-2H3,(H,24,27). The zero-order valence-electron chi connectivity index (χ0n) is 18.2. The van der Waals surface area contributed by atoms with Crippen molar-refractivity contribution in [1.29, 1.82) is 0 Å². The molecule has 0 bridgehead atoms. The van der Waals surface area contributed by atoms with Crippen LogP contribution in [-0.2, 0) is 21.2 Å². The molecule has 2 aromatic rings. The third-order valence-corrected chi connectivity index (χ3v) is 8.22. The number of pyridine rings is 1. The number of hydrogen-bond donors (Lipinski definition) is 1. The molecule has 1 aliphatic rings. The van der Waals surface area contributed by atoms with E-state index in [0.717, 1.165) is 25.7 Å². The Morgan fingerprint density at radius 3 is 2.42 bits per heavy atom. The smallest absolute Gasteiger partial charge is 0.244 e. The average molecular weight is 462 g/mol. The lowest BCUT2D eigenvalue weighted by molar-refractivity contribution is -0.118. The highest BCUT2D eigenvalue weighted by Gasteiger charge is 2.26. The van der Waals surface area contributed by atoms with Gasteiger partial charge in [0.05, 0.1) is 10.8 Å². The van der Waals surface area contributed by atoms with Crippen LogP contribution in [0.1, 0.15) is 50.2 Å². The molecule has 31 heavy (non-hydrogen) atoms. The lowest BCUT2D eigenvalue weighted by atomic mass is 10.0. The number of sulfonamides is 1. The minimum Gasteiger partial charge on any atom is -0.355 e. The molecule has 0 atom stereocenters. The number of thioether (sulfide) groups is 1. The van der Waals surface area contributed by atoms with E-state index in [4.69, 9.17) is 0 Å². The van der Waals surface area contributed by atoms with E-state index in [9.17, 15) is 13.2 Å². The summed E-state index contributed by atoms with van der Waals surface area (Å²) in [5.74, 6) is 0.700. The molecule has 0 radical (unpaired) electrons. The molecule has 1 aromatic carbocycles. The predicted molar refractivity (Wildman–Crippen MR) is 125 cm³/mol. The summed E-state index contributed by atoms with van der Waals surface area (Å²) in [4.78, 5) is 16.6. The maximum absolute atomic E-state index is 12.7. The minimum atomic E-state index is -3.47. The van der Waals surface area contributed by atoms with Gasteiger partial charge in [0.2, 0.25) is 15.9 Å². The lowest BCUT2D eigenvalue weighted by Gasteiger charge is -2.25. The summed E-state index contributed by atoms with van der Waals surface area (Å²) in [6, 6.07) is 11.7. The Kier molecular flexibility index (Phi) is 8.51. The summed E-state index contributed by atoms with van der Waals surface area (Å²) in [7, 11) is -3.47. The Balaban J connectivity index is 1.42. The second-order valence-corrected chi connectivity index (χ2v) is 11.0. The third kappa shape index (κ3) is 6.79. The fourth-order valence-corrected chi connectivity index (χ4v) is 5.60. The molecule has 8 heteroatoms. The van der Waals surface area contributed by atoms with Gasteiger partial charge in [-0.25, -0.2) is 13.4 Å². The Hall–Kier alpha value is -1.90. The van der Waals surface area contributed by atoms with E-state index in [1.54, 1.807) is 12.1 Å². The van der Waals surface area contributed by atoms with Gasteiger partial charge in [0.1, 0.15) is 4.90 Å². The van der Waals surface area contributed by atoms with E-state index in [2.05, 4.69) is 48.4 Å². The molecule has 2 heterocycles. The van der Waals surface area contributed by atoms with Crippen molar-refractivity contribution in [3.05, 3.63) is 53.7 Å². The zero-order valence-corrected chi connectivity index (χ0v) is 19.8. The molecule has 1 N–H and O–H groups in total. The van der Waals surface area contributed by atoms with Gasteiger partial charge in [0.15, 0.2) is 0 Å². The van der Waals surface area contributed by atoms with Crippen molar-refractivity contribution in [1.82, 2.24) is 14.6 Å². The predicted octanol–water partition coefficient (Wildman–Crippen LogP) is 3.83. The van der Waals surface area contributed by atoms with Gasteiger partial charge in [-0.05, 0) is 48.4 Å². The van der Waals surface area contributed by atoms with E-state index < -0.39 is 10.0 Å². The molecule has 1 amide bonds. The van der Waals surface area contributed by atoms with Crippen LogP contribution in [0, 0.1) is 0 Å². The number of amides is 1. The highest BCUT2D eigenvalue weighted by molar-refractivity contribution is 7.99. The molecule has 1 fully saturated rings. The van der Waals surface area contributed by atoms with Crippen molar-refractivity contribution >= 4 is 27.7 Å². The SMILES string of the molecule is CC(C)c1ccc(CCNC(=O)CSc2ccc(S(=O)(=O)N3CCCCC3)cn2)cc1. The highest BCUT2D eigenvalue weighted by Crippen LogP contribution is 2.22. The van der Waals surface area contributed by atoms with Gasteiger partial charge in [0.25, 0.3) is 0 Å². The Bertz CT molecular complexity index is 953. The summed E-state index contributed by atoms with van der Waals surface area (Å²) < 4.78 is 26.9. The van der Waals surface area contributed by atoms with Crippen molar-refractivity contribution in [2.24, 2.45) is 0 Å². The van der Waals surface area contributed by atoms with Crippen LogP contribution in [0.25, 0.3) is 0 Å². The number of benzene rings is 1. The maximum atomic E-state index is 12.7. The van der Waals surface area contributed by atoms with Gasteiger partial charge in [-0.3, -0.25) is 4.79 Å². The van der Waals surface area contributed by atoms with Gasteiger partial charge in [-0.1, -0.05) is 56.3 Å². The molecule has 0 spiro atoms. The Labute approximate surface area is 189 Å². The third-order valence-electron chi connectivity index (χ3n) is 5.40. The molecule has 1 saturated heterocycles. The first-order valence-electron chi connectivity index (χ1n) is 10.8. The van der Waals surface area contributed by atoms with E-state index in [1.807, 2.05) is 0 Å². The summed E-state index contributed by atoms with van der Waals surface area (Å²) in [5, 5.41) is 3.56. The number of carbonyl (C=O) groups is 1. The highest BCUT2D eigenvalue weighted by atomic mass is 32.2. The molecule has 0 unspecified atom stereocenters. The number of carbonyl (C=O) groups excluding carboxylic acids is 1. The molecule has 1 aromatic heterocycles. The number of nitrogens with one attached hydrogen (secondary N) is 1. The number of hydrogen-bond acceptors (Lipinski definition) is 5. The minimum absolute atomic E-state index is 0.0596. The van der Waals surface area contributed by atoms with Gasteiger partial charge in [-0.15, -0.1) is 0 Å². The van der Waals surface area contributed by atoms with Crippen LogP contribution in [0.3, 0.4) is 0 Å². The molecule has 0 saturated carbocycles. The van der Waals surface area contributed by atoms with Gasteiger partial charge in [0, 0.05) is 25.8 Å². The van der Waals surface area contributed by atoms with Crippen molar-refractivity contribution in [2.45, 2.75) is 55.4 Å². The number of aromatic nitrogens is 1. The monoisotopic (exact) mass is 461 g/mol. The van der Waals surface area contributed by atoms with Crippen LogP contribution < -0.4 is 5.32 Å². The molecular formula is C23H31N3O3S2. The zero-order chi connectivity index (χ0) is 22.3. The van der Waals surface area contributed by atoms with Crippen LogP contribution in [0.15, 0.2) is 52.5 Å². The lowest BCUT2D eigenvalue weighted by Crippen LogP contribution is -2.35. The normalized spacial score (nSPS) is 15.2. The molecule has 1 aliphatic heterocycles. The summed E-state index contributed by atoms with van der Waals surface area (Å²) in [5.41, 5.74) is 2.51. The largest absolute Gasteiger partial charge is 0.355 e. The van der Waals surface area contributed by atoms with Crippen molar-refractivity contribution in [3.63, 3.8) is 0 Å². The van der Waals surface area contributed by atoms with E-state index >= 15 is 0 Å². The van der Waals surface area contributed by atoms with Crippen LogP contribution in [-0.4, -0.2) is 49.0 Å². The van der Waals surface area contributed by atoms with Crippen LogP contribution in [0.5, 0.6) is 0 Å². The Morgan fingerprint density at radius 1 is 1.10 bits per heavy atom. The second kappa shape index (κ2) is 11.1. The van der Waals surface area contributed by atoms with Crippen molar-refractivity contribution < 1.29 is 13.2 Å². The molecular weight excluding hydrogens is 430 g/mol. The topological polar surface area (TPSA) is 79.4 Å². The first kappa shape index (κ1) is 23.8. The van der Waals surface area contributed by atoms with Gasteiger partial charge < -0.3 is 5.32 Å². The van der Waals surface area contributed by atoms with Gasteiger partial charge in [-0.2, -0.15) is 4.31 Å². The molecule has 6 nitrogen and oxygen atoms in total. The first-order chi connectivity index (χ1) is 14.9. The Morgan fingerprint density at radius 2 is 1.81 bits per heavy atom. The van der Waals surface area contributed by atoms with Crippen LogP contribution in [0.4, 0.5) is 0 Å². The van der Waals surface area contributed by atoms with E-state index in [-0.39, 0.29) is 16.6 Å². The molecule has 168 valence electrons. The van der Waals surface area contributed by atoms with Crippen molar-refractivity contribution in [3.8, 4) is 0 Å². The molecule has 0 aliphatic carbocycles. The number of rotatable bonds is 9. The summed E-state index contributed by atoms with van der Waals surface area (Å²) in [6.45, 7) is 6.06. The van der Waals surface area contributed by atoms with Crippen LogP contribution >= 0.6 is 11.8 Å². The maximum Gasteiger partial charge on any atom is 0.244 e. The average Bonchev–Trinajstić information content (AvgIpc) is 2.79. The second-order valence-electron chi connectivity index (χ2n) is 8.08. The fraction of sp³-hybridized carbons (Fsp3) is 0.478. The van der Waals surface area contributed by atoms with Gasteiger partial charge >= 0.3 is 0 Å².